The molecule has 0 atom stereocenters. The van der Waals surface area contributed by atoms with Crippen LogP contribution in [0.5, 0.6) is 0 Å². The van der Waals surface area contributed by atoms with Crippen molar-refractivity contribution in [3.05, 3.63) is 24.0 Å². The Labute approximate surface area is 140 Å². The zero-order valence-corrected chi connectivity index (χ0v) is 15.1. The van der Waals surface area contributed by atoms with E-state index in [0.717, 1.165) is 38.6 Å². The van der Waals surface area contributed by atoms with Crippen molar-refractivity contribution in [3.8, 4) is 0 Å². The van der Waals surface area contributed by atoms with Crippen LogP contribution in [0, 0.1) is 5.41 Å². The van der Waals surface area contributed by atoms with Crippen molar-refractivity contribution in [2.75, 3.05) is 33.9 Å². The highest BCUT2D eigenvalue weighted by molar-refractivity contribution is 5.79. The number of aliphatic imine (C=N–C) groups is 1. The summed E-state index contributed by atoms with van der Waals surface area (Å²) in [4.78, 5) is 7.15. The van der Waals surface area contributed by atoms with E-state index in [1.165, 1.54) is 25.0 Å². The monoisotopic (exact) mass is 320 g/mol. The molecule has 0 radical (unpaired) electrons. The average Bonchev–Trinajstić information content (AvgIpc) is 2.89. The first-order valence-corrected chi connectivity index (χ1v) is 8.69. The maximum atomic E-state index is 5.28. The minimum atomic E-state index is 0.364. The van der Waals surface area contributed by atoms with E-state index in [0.29, 0.717) is 5.41 Å². The Morgan fingerprint density at radius 3 is 2.78 bits per heavy atom. The van der Waals surface area contributed by atoms with Crippen molar-refractivity contribution in [1.82, 2.24) is 14.8 Å². The lowest BCUT2D eigenvalue weighted by Crippen LogP contribution is -2.41. The minimum Gasteiger partial charge on any atom is -0.385 e. The van der Waals surface area contributed by atoms with Crippen LogP contribution < -0.4 is 5.32 Å². The van der Waals surface area contributed by atoms with Crippen LogP contribution in [0.1, 0.15) is 38.3 Å². The van der Waals surface area contributed by atoms with Crippen molar-refractivity contribution in [2.24, 2.45) is 17.5 Å². The normalized spacial score (nSPS) is 17.0. The molecule has 5 nitrogen and oxygen atoms in total. The van der Waals surface area contributed by atoms with E-state index in [9.17, 15) is 0 Å². The van der Waals surface area contributed by atoms with Gasteiger partial charge in [-0.2, -0.15) is 0 Å². The van der Waals surface area contributed by atoms with Crippen LogP contribution in [0.15, 0.2) is 23.3 Å². The second kappa shape index (κ2) is 8.39. The van der Waals surface area contributed by atoms with Crippen LogP contribution >= 0.6 is 0 Å². The van der Waals surface area contributed by atoms with Crippen molar-refractivity contribution in [2.45, 2.75) is 39.2 Å². The molecule has 1 fully saturated rings. The number of nitrogens with one attached hydrogen (secondary N) is 1. The van der Waals surface area contributed by atoms with Gasteiger partial charge in [-0.25, -0.2) is 0 Å². The Hall–Kier alpha value is -1.49. The summed E-state index contributed by atoms with van der Waals surface area (Å²) in [6.45, 7) is 5.61. The Balaban J connectivity index is 1.99. The van der Waals surface area contributed by atoms with Crippen LogP contribution in [-0.2, 0) is 18.3 Å². The molecule has 2 rings (SSSR count). The minimum absolute atomic E-state index is 0.364. The molecule has 1 saturated carbocycles. The summed E-state index contributed by atoms with van der Waals surface area (Å²) in [7, 11) is 5.98. The van der Waals surface area contributed by atoms with E-state index in [4.69, 9.17) is 9.73 Å². The maximum Gasteiger partial charge on any atom is 0.194 e. The Morgan fingerprint density at radius 2 is 2.26 bits per heavy atom. The van der Waals surface area contributed by atoms with Gasteiger partial charge in [-0.05, 0) is 43.7 Å². The predicted octanol–water partition coefficient (Wildman–Crippen LogP) is 2.63. The maximum absolute atomic E-state index is 5.28. The lowest BCUT2D eigenvalue weighted by molar-refractivity contribution is 0.0776. The Kier molecular flexibility index (Phi) is 6.51. The largest absolute Gasteiger partial charge is 0.385 e. The molecule has 0 amide bonds. The summed E-state index contributed by atoms with van der Waals surface area (Å²) in [6, 6.07) is 4.24. The van der Waals surface area contributed by atoms with Gasteiger partial charge in [0.15, 0.2) is 5.96 Å². The average molecular weight is 320 g/mol. The van der Waals surface area contributed by atoms with Gasteiger partial charge >= 0.3 is 0 Å². The molecule has 0 bridgehead atoms. The summed E-state index contributed by atoms with van der Waals surface area (Å²) in [5.74, 6) is 0.998. The first-order valence-electron chi connectivity index (χ1n) is 8.69. The van der Waals surface area contributed by atoms with E-state index >= 15 is 0 Å². The molecule has 0 unspecified atom stereocenters. The third-order valence-electron chi connectivity index (χ3n) is 4.96. The molecule has 5 heteroatoms. The van der Waals surface area contributed by atoms with Gasteiger partial charge in [0, 0.05) is 52.8 Å². The fraction of sp³-hybridized carbons (Fsp3) is 0.722. The fourth-order valence-electron chi connectivity index (χ4n) is 3.17. The van der Waals surface area contributed by atoms with E-state index < -0.39 is 0 Å². The third-order valence-corrected chi connectivity index (χ3v) is 4.96. The second-order valence-corrected chi connectivity index (χ2v) is 6.73. The van der Waals surface area contributed by atoms with E-state index in [-0.39, 0.29) is 0 Å². The molecule has 130 valence electrons. The molecular weight excluding hydrogens is 288 g/mol. The number of aryl methyl sites for hydroxylation is 1. The molecular formula is C18H32N4O. The highest BCUT2D eigenvalue weighted by Gasteiger charge is 2.36. The molecule has 1 aliphatic carbocycles. The molecule has 1 aliphatic rings. The number of aromatic nitrogens is 1. The first-order chi connectivity index (χ1) is 11.1. The first kappa shape index (κ1) is 17.9. The number of methoxy groups -OCH3 is 1. The SMILES string of the molecule is CCNC(=NCC1(CCOC)CCC1)N(C)Cc1cccn1C. The molecule has 1 aromatic heterocycles. The second-order valence-electron chi connectivity index (χ2n) is 6.73. The van der Waals surface area contributed by atoms with E-state index in [2.05, 4.69) is 54.1 Å². The molecule has 1 N–H and O–H groups in total. The lowest BCUT2D eigenvalue weighted by Gasteiger charge is -2.41. The van der Waals surface area contributed by atoms with Gasteiger partial charge in [0.05, 0.1) is 6.54 Å². The van der Waals surface area contributed by atoms with E-state index in [1.54, 1.807) is 7.11 Å². The van der Waals surface area contributed by atoms with Crippen LogP contribution in [0.2, 0.25) is 0 Å². The number of guanidine groups is 1. The van der Waals surface area contributed by atoms with Gasteiger partial charge in [-0.15, -0.1) is 0 Å². The Morgan fingerprint density at radius 1 is 1.48 bits per heavy atom. The van der Waals surface area contributed by atoms with Gasteiger partial charge < -0.3 is 19.5 Å². The standard InChI is InChI=1S/C18H32N4O/c1-5-19-17(22(3)14-16-8-6-12-21(16)2)20-15-18(9-7-10-18)11-13-23-4/h6,8,12H,5,7,9-11,13-15H2,1-4H3,(H,19,20). The Bertz CT molecular complexity index is 505. The van der Waals surface area contributed by atoms with Crippen LogP contribution in [0.3, 0.4) is 0 Å². The van der Waals surface area contributed by atoms with Gasteiger partial charge in [0.1, 0.15) is 0 Å². The zero-order chi connectivity index (χ0) is 16.7. The van der Waals surface area contributed by atoms with Gasteiger partial charge in [0.25, 0.3) is 0 Å². The number of nitrogens with zero attached hydrogens (tertiary/aromatic N) is 3. The highest BCUT2D eigenvalue weighted by atomic mass is 16.5. The smallest absolute Gasteiger partial charge is 0.194 e. The number of ether oxygens (including phenoxy) is 1. The third kappa shape index (κ3) is 4.74. The molecule has 0 spiro atoms. The van der Waals surface area contributed by atoms with Gasteiger partial charge in [-0.1, -0.05) is 6.42 Å². The predicted molar refractivity (Wildman–Crippen MR) is 95.6 cm³/mol. The van der Waals surface area contributed by atoms with E-state index in [1.807, 2.05) is 0 Å². The van der Waals surface area contributed by atoms with Crippen LogP contribution in [0.4, 0.5) is 0 Å². The molecule has 23 heavy (non-hydrogen) atoms. The van der Waals surface area contributed by atoms with Crippen molar-refractivity contribution in [1.29, 1.82) is 0 Å². The quantitative estimate of drug-likeness (QED) is 0.591. The topological polar surface area (TPSA) is 41.8 Å². The van der Waals surface area contributed by atoms with Crippen molar-refractivity contribution in [3.63, 3.8) is 0 Å². The number of hydrogen-bond donors (Lipinski definition) is 1. The summed E-state index contributed by atoms with van der Waals surface area (Å²) in [5.41, 5.74) is 1.65. The highest BCUT2D eigenvalue weighted by Crippen LogP contribution is 2.44. The molecule has 0 aromatic carbocycles. The zero-order valence-electron chi connectivity index (χ0n) is 15.1. The summed E-state index contributed by atoms with van der Waals surface area (Å²) in [5, 5.41) is 3.43. The van der Waals surface area contributed by atoms with Gasteiger partial charge in [-0.3, -0.25) is 4.99 Å². The fourth-order valence-corrected chi connectivity index (χ4v) is 3.17. The molecule has 1 aromatic rings. The van der Waals surface area contributed by atoms with Crippen molar-refractivity contribution >= 4 is 5.96 Å². The number of hydrogen-bond acceptors (Lipinski definition) is 2. The summed E-state index contributed by atoms with van der Waals surface area (Å²) in [6.07, 6.45) is 7.09. The lowest BCUT2D eigenvalue weighted by atomic mass is 9.67. The molecule has 1 heterocycles. The van der Waals surface area contributed by atoms with Crippen LogP contribution in [-0.4, -0.2) is 49.3 Å². The summed E-state index contributed by atoms with van der Waals surface area (Å²) < 4.78 is 7.44. The van der Waals surface area contributed by atoms with Gasteiger partial charge in [0.2, 0.25) is 0 Å². The number of rotatable bonds is 8. The van der Waals surface area contributed by atoms with Crippen LogP contribution in [0.25, 0.3) is 0 Å². The molecule has 0 aliphatic heterocycles. The van der Waals surface area contributed by atoms with Crippen molar-refractivity contribution < 1.29 is 4.74 Å². The summed E-state index contributed by atoms with van der Waals surface area (Å²) >= 11 is 0. The molecule has 0 saturated heterocycles.